The second-order valence-electron chi connectivity index (χ2n) is 3.82. The molecule has 2 rings (SSSR count). The van der Waals surface area contributed by atoms with Crippen molar-refractivity contribution in [1.29, 1.82) is 0 Å². The monoisotopic (exact) mass is 258 g/mol. The van der Waals surface area contributed by atoms with Crippen molar-refractivity contribution in [2.45, 2.75) is 6.92 Å². The van der Waals surface area contributed by atoms with Gasteiger partial charge in [-0.15, -0.1) is 0 Å². The fourth-order valence-corrected chi connectivity index (χ4v) is 1.61. The molecule has 0 aliphatic rings. The lowest BCUT2D eigenvalue weighted by Crippen LogP contribution is -2.00. The molecule has 1 aromatic heterocycles. The normalized spacial score (nSPS) is 9.95. The first kappa shape index (κ1) is 12.9. The smallest absolute Gasteiger partial charge is 0.335 e. The van der Waals surface area contributed by atoms with Crippen LogP contribution in [-0.2, 0) is 0 Å². The fourth-order valence-electron chi connectivity index (χ4n) is 1.61. The Morgan fingerprint density at radius 1 is 1.37 bits per heavy atom. The summed E-state index contributed by atoms with van der Waals surface area (Å²) < 4.78 is 5.39. The molecule has 98 valence electrons. The van der Waals surface area contributed by atoms with E-state index in [1.54, 1.807) is 0 Å². The van der Waals surface area contributed by atoms with Crippen LogP contribution in [-0.4, -0.2) is 22.7 Å². The first-order valence-electron chi connectivity index (χ1n) is 5.88. The Hall–Kier alpha value is -2.56. The summed E-state index contributed by atoms with van der Waals surface area (Å²) in [6.07, 6.45) is 1.46. The zero-order chi connectivity index (χ0) is 13.7. The van der Waals surface area contributed by atoms with Crippen LogP contribution >= 0.6 is 0 Å². The predicted molar refractivity (Wildman–Crippen MR) is 72.1 cm³/mol. The number of hydrogen-bond acceptors (Lipinski definition) is 4. The van der Waals surface area contributed by atoms with Gasteiger partial charge in [0.1, 0.15) is 11.6 Å². The lowest BCUT2D eigenvalue weighted by Gasteiger charge is -2.08. The van der Waals surface area contributed by atoms with Gasteiger partial charge in [-0.1, -0.05) is 6.07 Å². The SMILES string of the molecule is CCOc1cccc(Nc2cc(C(=O)O)ccn2)c1. The molecule has 0 saturated carbocycles. The third-order valence-corrected chi connectivity index (χ3v) is 2.42. The topological polar surface area (TPSA) is 71.5 Å². The Morgan fingerprint density at radius 2 is 2.21 bits per heavy atom. The van der Waals surface area contributed by atoms with E-state index in [0.717, 1.165) is 11.4 Å². The summed E-state index contributed by atoms with van der Waals surface area (Å²) in [6, 6.07) is 10.3. The number of anilines is 2. The average molecular weight is 258 g/mol. The molecule has 2 aromatic rings. The fraction of sp³-hybridized carbons (Fsp3) is 0.143. The Labute approximate surface area is 110 Å². The number of carboxylic acid groups (broad SMARTS) is 1. The minimum atomic E-state index is -0.978. The second kappa shape index (κ2) is 5.86. The zero-order valence-corrected chi connectivity index (χ0v) is 10.5. The van der Waals surface area contributed by atoms with Gasteiger partial charge in [-0.25, -0.2) is 9.78 Å². The van der Waals surface area contributed by atoms with Crippen molar-refractivity contribution in [2.75, 3.05) is 11.9 Å². The van der Waals surface area contributed by atoms with Crippen LogP contribution in [0.4, 0.5) is 11.5 Å². The Morgan fingerprint density at radius 3 is 2.95 bits per heavy atom. The van der Waals surface area contributed by atoms with Gasteiger partial charge in [-0.3, -0.25) is 0 Å². The maximum atomic E-state index is 10.9. The summed E-state index contributed by atoms with van der Waals surface area (Å²) in [5.41, 5.74) is 0.986. The number of rotatable bonds is 5. The highest BCUT2D eigenvalue weighted by Gasteiger charge is 2.04. The molecular formula is C14H14N2O3. The molecule has 19 heavy (non-hydrogen) atoms. The number of benzene rings is 1. The summed E-state index contributed by atoms with van der Waals surface area (Å²) in [5, 5.41) is 12.0. The van der Waals surface area contributed by atoms with Crippen LogP contribution in [0.15, 0.2) is 42.6 Å². The van der Waals surface area contributed by atoms with Gasteiger partial charge in [0, 0.05) is 18.0 Å². The van der Waals surface area contributed by atoms with E-state index < -0.39 is 5.97 Å². The molecule has 1 heterocycles. The molecule has 0 unspecified atom stereocenters. The molecule has 0 aliphatic carbocycles. The predicted octanol–water partition coefficient (Wildman–Crippen LogP) is 2.92. The van der Waals surface area contributed by atoms with E-state index in [9.17, 15) is 4.79 Å². The maximum absolute atomic E-state index is 10.9. The summed E-state index contributed by atoms with van der Waals surface area (Å²) in [4.78, 5) is 14.9. The van der Waals surface area contributed by atoms with Crippen molar-refractivity contribution in [3.63, 3.8) is 0 Å². The van der Waals surface area contributed by atoms with Gasteiger partial charge in [0.25, 0.3) is 0 Å². The molecular weight excluding hydrogens is 244 g/mol. The van der Waals surface area contributed by atoms with Crippen molar-refractivity contribution >= 4 is 17.5 Å². The second-order valence-corrected chi connectivity index (χ2v) is 3.82. The minimum absolute atomic E-state index is 0.193. The first-order chi connectivity index (χ1) is 9.19. The van der Waals surface area contributed by atoms with Gasteiger partial charge in [0.05, 0.1) is 12.2 Å². The van der Waals surface area contributed by atoms with Gasteiger partial charge in [0.15, 0.2) is 0 Å². The van der Waals surface area contributed by atoms with E-state index >= 15 is 0 Å². The van der Waals surface area contributed by atoms with Crippen molar-refractivity contribution in [3.05, 3.63) is 48.2 Å². The summed E-state index contributed by atoms with van der Waals surface area (Å²) in [5.74, 6) is 0.254. The van der Waals surface area contributed by atoms with E-state index in [1.807, 2.05) is 31.2 Å². The molecule has 0 atom stereocenters. The van der Waals surface area contributed by atoms with E-state index in [0.29, 0.717) is 12.4 Å². The maximum Gasteiger partial charge on any atom is 0.335 e. The average Bonchev–Trinajstić information content (AvgIpc) is 2.40. The van der Waals surface area contributed by atoms with Crippen LogP contribution in [0.2, 0.25) is 0 Å². The standard InChI is InChI=1S/C14H14N2O3/c1-2-19-12-5-3-4-11(9-12)16-13-8-10(14(17)18)6-7-15-13/h3-9H,2H2,1H3,(H,15,16)(H,17,18). The van der Waals surface area contributed by atoms with Gasteiger partial charge in [-0.2, -0.15) is 0 Å². The van der Waals surface area contributed by atoms with E-state index in [-0.39, 0.29) is 5.56 Å². The molecule has 0 spiro atoms. The van der Waals surface area contributed by atoms with Crippen molar-refractivity contribution in [1.82, 2.24) is 4.98 Å². The van der Waals surface area contributed by atoms with Crippen LogP contribution in [0, 0.1) is 0 Å². The minimum Gasteiger partial charge on any atom is -0.494 e. The number of nitrogens with zero attached hydrogens (tertiary/aromatic N) is 1. The highest BCUT2D eigenvalue weighted by atomic mass is 16.5. The number of aromatic nitrogens is 1. The number of hydrogen-bond donors (Lipinski definition) is 2. The third-order valence-electron chi connectivity index (χ3n) is 2.42. The molecule has 2 N–H and O–H groups in total. The molecule has 0 radical (unpaired) electrons. The number of pyridine rings is 1. The summed E-state index contributed by atoms with van der Waals surface area (Å²) in [6.45, 7) is 2.51. The molecule has 1 aromatic carbocycles. The lowest BCUT2D eigenvalue weighted by atomic mass is 10.2. The van der Waals surface area contributed by atoms with Crippen LogP contribution in [0.3, 0.4) is 0 Å². The van der Waals surface area contributed by atoms with Gasteiger partial charge in [0.2, 0.25) is 0 Å². The molecule has 0 aliphatic heterocycles. The molecule has 0 fully saturated rings. The number of ether oxygens (including phenoxy) is 1. The highest BCUT2D eigenvalue weighted by Crippen LogP contribution is 2.20. The molecule has 5 nitrogen and oxygen atoms in total. The number of carbonyl (C=O) groups is 1. The summed E-state index contributed by atoms with van der Waals surface area (Å²) in [7, 11) is 0. The van der Waals surface area contributed by atoms with Crippen LogP contribution < -0.4 is 10.1 Å². The summed E-state index contributed by atoms with van der Waals surface area (Å²) >= 11 is 0. The Kier molecular flexibility index (Phi) is 3.97. The number of aromatic carboxylic acids is 1. The largest absolute Gasteiger partial charge is 0.494 e. The molecule has 0 amide bonds. The van der Waals surface area contributed by atoms with Gasteiger partial charge in [-0.05, 0) is 31.2 Å². The van der Waals surface area contributed by atoms with Crippen LogP contribution in [0.5, 0.6) is 5.75 Å². The van der Waals surface area contributed by atoms with Crippen molar-refractivity contribution in [3.8, 4) is 5.75 Å². The van der Waals surface area contributed by atoms with Crippen LogP contribution in [0.25, 0.3) is 0 Å². The molecule has 5 heteroatoms. The Balaban J connectivity index is 2.18. The number of carboxylic acids is 1. The highest BCUT2D eigenvalue weighted by molar-refractivity contribution is 5.88. The van der Waals surface area contributed by atoms with Crippen molar-refractivity contribution in [2.24, 2.45) is 0 Å². The number of nitrogens with one attached hydrogen (secondary N) is 1. The lowest BCUT2D eigenvalue weighted by molar-refractivity contribution is 0.0697. The van der Waals surface area contributed by atoms with E-state index in [1.165, 1.54) is 18.3 Å². The van der Waals surface area contributed by atoms with Crippen molar-refractivity contribution < 1.29 is 14.6 Å². The zero-order valence-electron chi connectivity index (χ0n) is 10.5. The third kappa shape index (κ3) is 3.45. The van der Waals surface area contributed by atoms with E-state index in [2.05, 4.69) is 10.3 Å². The van der Waals surface area contributed by atoms with Gasteiger partial charge >= 0.3 is 5.97 Å². The molecule has 0 bridgehead atoms. The van der Waals surface area contributed by atoms with Crippen LogP contribution in [0.1, 0.15) is 17.3 Å². The van der Waals surface area contributed by atoms with Gasteiger partial charge < -0.3 is 15.2 Å². The molecule has 0 saturated heterocycles. The quantitative estimate of drug-likeness (QED) is 0.862. The van der Waals surface area contributed by atoms with E-state index in [4.69, 9.17) is 9.84 Å². The Bertz CT molecular complexity index is 584. The first-order valence-corrected chi connectivity index (χ1v) is 5.88.